The van der Waals surface area contributed by atoms with E-state index in [1.807, 2.05) is 17.6 Å². The van der Waals surface area contributed by atoms with Gasteiger partial charge in [-0.3, -0.25) is 4.99 Å². The van der Waals surface area contributed by atoms with Crippen LogP contribution in [0.5, 0.6) is 11.5 Å². The van der Waals surface area contributed by atoms with Crippen molar-refractivity contribution in [3.05, 3.63) is 35.3 Å². The molecule has 1 saturated heterocycles. The third-order valence-electron chi connectivity index (χ3n) is 5.25. The van der Waals surface area contributed by atoms with E-state index in [0.29, 0.717) is 25.7 Å². The molecule has 0 bridgehead atoms. The van der Waals surface area contributed by atoms with Crippen molar-refractivity contribution in [2.75, 3.05) is 50.8 Å². The number of nitrogens with two attached hydrogens (primary N) is 1. The number of nitrogens with zero attached hydrogens (tertiary/aromatic N) is 4. The molecule has 0 radical (unpaired) electrons. The third-order valence-corrected chi connectivity index (χ3v) is 6.09. The molecule has 0 aliphatic carbocycles. The highest BCUT2D eigenvalue weighted by molar-refractivity contribution is 7.13. The summed E-state index contributed by atoms with van der Waals surface area (Å²) in [5.74, 6) is 2.24. The highest BCUT2D eigenvalue weighted by Gasteiger charge is 2.25. The summed E-state index contributed by atoms with van der Waals surface area (Å²) >= 11 is 1.68. The Kier molecular flexibility index (Phi) is 5.30. The van der Waals surface area contributed by atoms with Gasteiger partial charge in [0.05, 0.1) is 6.54 Å². The van der Waals surface area contributed by atoms with Crippen molar-refractivity contribution in [2.24, 2.45) is 10.7 Å². The number of rotatable bonds is 4. The number of guanidine groups is 1. The van der Waals surface area contributed by atoms with Gasteiger partial charge in [-0.15, -0.1) is 11.3 Å². The molecule has 1 aromatic carbocycles. The maximum atomic E-state index is 6.31. The SMILES string of the molecule is CC(C)(CN=C(N)N1CCN(c2nccs2)CC1)c1ccc2c(c1)OCCO2. The second kappa shape index (κ2) is 7.87. The van der Waals surface area contributed by atoms with E-state index in [-0.39, 0.29) is 5.41 Å². The number of benzene rings is 1. The minimum absolute atomic E-state index is 0.150. The molecule has 0 unspecified atom stereocenters. The summed E-state index contributed by atoms with van der Waals surface area (Å²) < 4.78 is 11.3. The maximum absolute atomic E-state index is 6.31. The fraction of sp³-hybridized carbons (Fsp3) is 0.500. The van der Waals surface area contributed by atoms with E-state index in [9.17, 15) is 0 Å². The van der Waals surface area contributed by atoms with Crippen LogP contribution >= 0.6 is 11.3 Å². The Morgan fingerprint density at radius 2 is 1.93 bits per heavy atom. The molecule has 0 atom stereocenters. The molecule has 2 N–H and O–H groups in total. The van der Waals surface area contributed by atoms with Gasteiger partial charge in [0, 0.05) is 43.2 Å². The van der Waals surface area contributed by atoms with E-state index in [1.165, 1.54) is 5.56 Å². The number of anilines is 1. The first-order valence-electron chi connectivity index (χ1n) is 9.62. The van der Waals surface area contributed by atoms with Gasteiger partial charge in [0.1, 0.15) is 13.2 Å². The Labute approximate surface area is 169 Å². The molecule has 1 fully saturated rings. The van der Waals surface area contributed by atoms with Crippen molar-refractivity contribution in [1.29, 1.82) is 0 Å². The minimum Gasteiger partial charge on any atom is -0.486 e. The normalized spacial score (nSPS) is 17.7. The zero-order valence-electron chi connectivity index (χ0n) is 16.4. The molecule has 0 amide bonds. The lowest BCUT2D eigenvalue weighted by Gasteiger charge is -2.35. The van der Waals surface area contributed by atoms with E-state index in [0.717, 1.165) is 42.8 Å². The van der Waals surface area contributed by atoms with E-state index in [4.69, 9.17) is 20.2 Å². The monoisotopic (exact) mass is 401 g/mol. The van der Waals surface area contributed by atoms with Gasteiger partial charge in [-0.25, -0.2) is 4.98 Å². The standard InChI is InChI=1S/C20H27N5O2S/c1-20(2,15-3-4-16-17(13-15)27-11-10-26-16)14-23-18(21)24-6-8-25(9-7-24)19-22-5-12-28-19/h3-5,12-13H,6-11,14H2,1-2H3,(H2,21,23). The molecular formula is C20H27N5O2S. The highest BCUT2D eigenvalue weighted by atomic mass is 32.1. The van der Waals surface area contributed by atoms with Gasteiger partial charge in [0.15, 0.2) is 22.6 Å². The quantitative estimate of drug-likeness (QED) is 0.626. The zero-order chi connectivity index (χ0) is 19.6. The van der Waals surface area contributed by atoms with Crippen LogP contribution < -0.4 is 20.1 Å². The van der Waals surface area contributed by atoms with Gasteiger partial charge in [-0.1, -0.05) is 19.9 Å². The predicted octanol–water partition coefficient (Wildman–Crippen LogP) is 2.33. The minimum atomic E-state index is -0.150. The Hall–Kier alpha value is -2.48. The average Bonchev–Trinajstić information content (AvgIpc) is 3.27. The van der Waals surface area contributed by atoms with Gasteiger partial charge in [0.25, 0.3) is 0 Å². The summed E-state index contributed by atoms with van der Waals surface area (Å²) in [7, 11) is 0. The molecule has 0 saturated carbocycles. The first-order valence-corrected chi connectivity index (χ1v) is 10.5. The summed E-state index contributed by atoms with van der Waals surface area (Å²) in [5.41, 5.74) is 7.33. The summed E-state index contributed by atoms with van der Waals surface area (Å²) in [4.78, 5) is 13.6. The maximum Gasteiger partial charge on any atom is 0.191 e. The summed E-state index contributed by atoms with van der Waals surface area (Å²) in [6.45, 7) is 9.71. The number of aromatic nitrogens is 1. The van der Waals surface area contributed by atoms with Crippen LogP contribution in [-0.2, 0) is 5.41 Å². The van der Waals surface area contributed by atoms with Crippen LogP contribution in [0.2, 0.25) is 0 Å². The molecule has 8 heteroatoms. The fourth-order valence-corrected chi connectivity index (χ4v) is 4.13. The van der Waals surface area contributed by atoms with Gasteiger partial charge in [-0.2, -0.15) is 0 Å². The molecule has 2 aliphatic heterocycles. The van der Waals surface area contributed by atoms with Crippen LogP contribution in [0.15, 0.2) is 34.8 Å². The highest BCUT2D eigenvalue weighted by Crippen LogP contribution is 2.35. The molecule has 7 nitrogen and oxygen atoms in total. The lowest BCUT2D eigenvalue weighted by molar-refractivity contribution is 0.171. The molecule has 1 aromatic heterocycles. The number of ether oxygens (including phenoxy) is 2. The first kappa shape index (κ1) is 18.9. The van der Waals surface area contributed by atoms with Crippen molar-refractivity contribution in [1.82, 2.24) is 9.88 Å². The smallest absolute Gasteiger partial charge is 0.191 e. The van der Waals surface area contributed by atoms with Gasteiger partial charge in [0.2, 0.25) is 0 Å². The largest absolute Gasteiger partial charge is 0.486 e. The number of hydrogen-bond donors (Lipinski definition) is 1. The Balaban J connectivity index is 1.37. The summed E-state index contributed by atoms with van der Waals surface area (Å²) in [6.07, 6.45) is 1.85. The second-order valence-corrected chi connectivity index (χ2v) is 8.58. The number of hydrogen-bond acceptors (Lipinski definition) is 6. The summed E-state index contributed by atoms with van der Waals surface area (Å²) in [6, 6.07) is 6.13. The van der Waals surface area contributed by atoms with E-state index < -0.39 is 0 Å². The zero-order valence-corrected chi connectivity index (χ0v) is 17.2. The van der Waals surface area contributed by atoms with Crippen LogP contribution in [0.1, 0.15) is 19.4 Å². The summed E-state index contributed by atoms with van der Waals surface area (Å²) in [5, 5.41) is 3.09. The Morgan fingerprint density at radius 3 is 2.64 bits per heavy atom. The van der Waals surface area contributed by atoms with Crippen LogP contribution in [0.25, 0.3) is 0 Å². The van der Waals surface area contributed by atoms with Gasteiger partial charge in [-0.05, 0) is 17.7 Å². The number of thiazole rings is 1. The molecule has 4 rings (SSSR count). The van der Waals surface area contributed by atoms with Crippen LogP contribution in [-0.4, -0.2) is 61.8 Å². The second-order valence-electron chi connectivity index (χ2n) is 7.71. The molecule has 3 heterocycles. The topological polar surface area (TPSA) is 76.2 Å². The van der Waals surface area contributed by atoms with E-state index >= 15 is 0 Å². The molecule has 28 heavy (non-hydrogen) atoms. The number of fused-ring (bicyclic) bond motifs is 1. The molecule has 2 aromatic rings. The molecular weight excluding hydrogens is 374 g/mol. The fourth-order valence-electron chi connectivity index (χ4n) is 3.43. The molecule has 150 valence electrons. The van der Waals surface area contributed by atoms with Crippen molar-refractivity contribution in [3.8, 4) is 11.5 Å². The molecule has 2 aliphatic rings. The molecule has 0 spiro atoms. The van der Waals surface area contributed by atoms with Crippen molar-refractivity contribution < 1.29 is 9.47 Å². The number of aliphatic imine (C=N–C) groups is 1. The Morgan fingerprint density at radius 1 is 1.18 bits per heavy atom. The third kappa shape index (κ3) is 4.01. The first-order chi connectivity index (χ1) is 13.5. The number of piperazine rings is 1. The van der Waals surface area contributed by atoms with Gasteiger partial charge >= 0.3 is 0 Å². The lowest BCUT2D eigenvalue weighted by Crippen LogP contribution is -2.51. The van der Waals surface area contributed by atoms with Crippen molar-refractivity contribution in [3.63, 3.8) is 0 Å². The van der Waals surface area contributed by atoms with Crippen LogP contribution in [0.4, 0.5) is 5.13 Å². The average molecular weight is 402 g/mol. The van der Waals surface area contributed by atoms with Gasteiger partial charge < -0.3 is 25.0 Å². The lowest BCUT2D eigenvalue weighted by atomic mass is 9.84. The van der Waals surface area contributed by atoms with Crippen LogP contribution in [0.3, 0.4) is 0 Å². The van der Waals surface area contributed by atoms with Crippen molar-refractivity contribution in [2.45, 2.75) is 19.3 Å². The van der Waals surface area contributed by atoms with E-state index in [2.05, 4.69) is 40.8 Å². The van der Waals surface area contributed by atoms with Crippen molar-refractivity contribution >= 4 is 22.4 Å². The Bertz CT molecular complexity index is 829. The van der Waals surface area contributed by atoms with Crippen LogP contribution in [0, 0.1) is 0 Å². The predicted molar refractivity (Wildman–Crippen MR) is 113 cm³/mol. The van der Waals surface area contributed by atoms with E-state index in [1.54, 1.807) is 11.3 Å².